The molecule has 3 atom stereocenters. The Bertz CT molecular complexity index is 351. The van der Waals surface area contributed by atoms with Crippen LogP contribution < -0.4 is 5.32 Å². The summed E-state index contributed by atoms with van der Waals surface area (Å²) in [4.78, 5) is 28.4. The van der Waals surface area contributed by atoms with Crippen LogP contribution >= 0.6 is 20.5 Å². The zero-order valence-corrected chi connectivity index (χ0v) is 13.7. The van der Waals surface area contributed by atoms with Gasteiger partial charge in [-0.05, 0) is 31.9 Å². The maximum Gasteiger partial charge on any atom is 0.469 e. The van der Waals surface area contributed by atoms with Crippen LogP contribution in [0.1, 0.15) is 39.0 Å². The third-order valence-corrected chi connectivity index (χ3v) is 3.72. The van der Waals surface area contributed by atoms with E-state index in [1.165, 1.54) is 6.92 Å². The molecule has 0 aromatic carbocycles. The summed E-state index contributed by atoms with van der Waals surface area (Å²) < 4.78 is 15.0. The van der Waals surface area contributed by atoms with Gasteiger partial charge in [-0.15, -0.1) is 0 Å². The lowest BCUT2D eigenvalue weighted by atomic mass is 10.1. The van der Waals surface area contributed by atoms with E-state index in [4.69, 9.17) is 14.9 Å². The van der Waals surface area contributed by atoms with Crippen LogP contribution in [0.4, 0.5) is 0 Å². The molecule has 0 aliphatic carbocycles. The number of aliphatic carboxylic acids is 1. The Morgan fingerprint density at radius 2 is 1.86 bits per heavy atom. The summed E-state index contributed by atoms with van der Waals surface area (Å²) >= 11 is 4.08. The van der Waals surface area contributed by atoms with E-state index in [0.717, 1.165) is 25.0 Å². The van der Waals surface area contributed by atoms with Crippen LogP contribution in [0.2, 0.25) is 0 Å². The number of phosphoric acid groups is 1. The molecule has 0 bridgehead atoms. The Morgan fingerprint density at radius 3 is 2.33 bits per heavy atom. The molecule has 0 aliphatic rings. The number of thiol groups is 1. The van der Waals surface area contributed by atoms with Gasteiger partial charge in [-0.2, -0.15) is 12.6 Å². The van der Waals surface area contributed by atoms with Crippen molar-refractivity contribution in [3.63, 3.8) is 0 Å². The number of phosphoric ester groups is 1. The number of nitrogens with one attached hydrogen (secondary N) is 1. The zero-order chi connectivity index (χ0) is 16.5. The zero-order valence-electron chi connectivity index (χ0n) is 11.9. The lowest BCUT2D eigenvalue weighted by Gasteiger charge is -2.24. The maximum atomic E-state index is 11.1. The average Bonchev–Trinajstić information content (AvgIpc) is 2.33. The first-order valence-electron chi connectivity index (χ1n) is 6.69. The van der Waals surface area contributed by atoms with Crippen LogP contribution in [-0.2, 0) is 13.9 Å². The Balaban J connectivity index is 4.24. The first-order chi connectivity index (χ1) is 9.67. The van der Waals surface area contributed by atoms with Gasteiger partial charge in [0.1, 0.15) is 12.3 Å². The fourth-order valence-electron chi connectivity index (χ4n) is 1.78. The van der Waals surface area contributed by atoms with Crippen LogP contribution in [0.3, 0.4) is 0 Å². The molecule has 0 fully saturated rings. The number of carboxylic acids is 1. The highest BCUT2D eigenvalue weighted by Gasteiger charge is 2.32. The van der Waals surface area contributed by atoms with Gasteiger partial charge in [0.15, 0.2) is 0 Å². The highest BCUT2D eigenvalue weighted by Crippen LogP contribution is 2.38. The Morgan fingerprint density at radius 1 is 1.29 bits per heavy atom. The summed E-state index contributed by atoms with van der Waals surface area (Å²) in [6, 6.07) is -1.41. The molecule has 126 valence electrons. The van der Waals surface area contributed by atoms with Crippen molar-refractivity contribution >= 4 is 26.4 Å². The normalized spacial score (nSPS) is 16.4. The van der Waals surface area contributed by atoms with E-state index in [2.05, 4.69) is 22.5 Å². The molecular formula is C11H24NO7PS. The number of rotatable bonds is 12. The number of hydrogen-bond donors (Lipinski definition) is 6. The van der Waals surface area contributed by atoms with Gasteiger partial charge >= 0.3 is 13.8 Å². The van der Waals surface area contributed by atoms with Crippen molar-refractivity contribution < 1.29 is 33.9 Å². The largest absolute Gasteiger partial charge is 0.480 e. The number of hydrogen-bond acceptors (Lipinski definition) is 6. The van der Waals surface area contributed by atoms with Gasteiger partial charge in [-0.3, -0.25) is 14.6 Å². The molecule has 21 heavy (non-hydrogen) atoms. The first-order valence-corrected chi connectivity index (χ1v) is 8.85. The molecule has 0 aromatic heterocycles. The highest BCUT2D eigenvalue weighted by atomic mass is 32.1. The molecule has 0 aliphatic heterocycles. The summed E-state index contributed by atoms with van der Waals surface area (Å²) in [5.74, 6) is -0.552. The van der Waals surface area contributed by atoms with E-state index in [9.17, 15) is 14.5 Å². The van der Waals surface area contributed by atoms with Gasteiger partial charge in [0.25, 0.3) is 0 Å². The van der Waals surface area contributed by atoms with Crippen LogP contribution in [0.15, 0.2) is 0 Å². The predicted molar refractivity (Wildman–Crippen MR) is 80.1 cm³/mol. The molecule has 0 saturated carbocycles. The minimum atomic E-state index is -4.78. The van der Waals surface area contributed by atoms with Crippen molar-refractivity contribution in [3.8, 4) is 0 Å². The minimum absolute atomic E-state index is 0.346. The molecule has 0 radical (unpaired) electrons. The van der Waals surface area contributed by atoms with Crippen molar-refractivity contribution in [2.75, 3.05) is 5.75 Å². The molecule has 0 spiro atoms. The van der Waals surface area contributed by atoms with E-state index in [1.807, 2.05) is 0 Å². The van der Waals surface area contributed by atoms with Crippen molar-refractivity contribution in [2.45, 2.75) is 57.4 Å². The Kier molecular flexibility index (Phi) is 10.5. The smallest absolute Gasteiger partial charge is 0.469 e. The van der Waals surface area contributed by atoms with Crippen molar-refractivity contribution in [1.29, 1.82) is 0 Å². The third-order valence-electron chi connectivity index (χ3n) is 2.80. The SMILES string of the molecule is C[C@@H](OP(=O)(O)O)[C@H](NC(O)CCCCCCS)C(=O)O. The molecule has 0 amide bonds. The molecule has 0 heterocycles. The number of carbonyl (C=O) groups is 1. The molecule has 0 aromatic rings. The lowest BCUT2D eigenvalue weighted by molar-refractivity contribution is -0.143. The summed E-state index contributed by atoms with van der Waals surface area (Å²) in [7, 11) is -4.78. The van der Waals surface area contributed by atoms with E-state index >= 15 is 0 Å². The lowest BCUT2D eigenvalue weighted by Crippen LogP contribution is -2.50. The van der Waals surface area contributed by atoms with E-state index in [-0.39, 0.29) is 0 Å². The molecule has 1 unspecified atom stereocenters. The average molecular weight is 345 g/mol. The molecule has 10 heteroatoms. The molecule has 5 N–H and O–H groups in total. The highest BCUT2D eigenvalue weighted by molar-refractivity contribution is 7.80. The van der Waals surface area contributed by atoms with Gasteiger partial charge in [-0.1, -0.05) is 12.8 Å². The van der Waals surface area contributed by atoms with Crippen molar-refractivity contribution in [2.24, 2.45) is 0 Å². The minimum Gasteiger partial charge on any atom is -0.480 e. The second-order valence-electron chi connectivity index (χ2n) is 4.73. The second kappa shape index (κ2) is 10.6. The Labute approximate surface area is 129 Å². The van der Waals surface area contributed by atoms with Gasteiger partial charge in [0.2, 0.25) is 0 Å². The molecule has 0 rings (SSSR count). The van der Waals surface area contributed by atoms with Crippen molar-refractivity contribution in [3.05, 3.63) is 0 Å². The monoisotopic (exact) mass is 345 g/mol. The standard InChI is InChI=1S/C11H24NO7PS/c1-8(19-20(16,17)18)10(11(14)15)12-9(13)6-4-2-3-5-7-21/h8-10,12-13,21H,2-7H2,1H3,(H,14,15)(H2,16,17,18)/t8-,9?,10+/m1/s1. The molecule has 0 saturated heterocycles. The van der Waals surface area contributed by atoms with Crippen LogP contribution in [0, 0.1) is 0 Å². The fourth-order valence-corrected chi connectivity index (χ4v) is 2.56. The van der Waals surface area contributed by atoms with Crippen LogP contribution in [-0.4, -0.2) is 50.1 Å². The number of aliphatic hydroxyl groups excluding tert-OH is 1. The van der Waals surface area contributed by atoms with Gasteiger partial charge < -0.3 is 20.0 Å². The van der Waals surface area contributed by atoms with Crippen molar-refractivity contribution in [1.82, 2.24) is 5.32 Å². The second-order valence-corrected chi connectivity index (χ2v) is 6.37. The third kappa shape index (κ3) is 11.1. The summed E-state index contributed by atoms with van der Waals surface area (Å²) in [6.07, 6.45) is 1.55. The summed E-state index contributed by atoms with van der Waals surface area (Å²) in [5, 5.41) is 21.2. The van der Waals surface area contributed by atoms with E-state index < -0.39 is 32.2 Å². The van der Waals surface area contributed by atoms with E-state index in [1.54, 1.807) is 0 Å². The van der Waals surface area contributed by atoms with Gasteiger partial charge in [0.05, 0.1) is 6.10 Å². The topological polar surface area (TPSA) is 136 Å². The number of unbranched alkanes of at least 4 members (excludes halogenated alkanes) is 3. The van der Waals surface area contributed by atoms with Crippen LogP contribution in [0.25, 0.3) is 0 Å². The molecular weight excluding hydrogens is 321 g/mol. The fraction of sp³-hybridized carbons (Fsp3) is 0.909. The maximum absolute atomic E-state index is 11.1. The first kappa shape index (κ1) is 20.9. The van der Waals surface area contributed by atoms with Gasteiger partial charge in [0, 0.05) is 0 Å². The quantitative estimate of drug-likeness (QED) is 0.132. The van der Waals surface area contributed by atoms with Crippen LogP contribution in [0.5, 0.6) is 0 Å². The predicted octanol–water partition coefficient (Wildman–Crippen LogP) is 0.726. The number of aliphatic hydroxyl groups is 1. The van der Waals surface area contributed by atoms with E-state index in [0.29, 0.717) is 12.8 Å². The summed E-state index contributed by atoms with van der Waals surface area (Å²) in [6.45, 7) is 1.21. The number of carboxylic acid groups (broad SMARTS) is 1. The Hall–Kier alpha value is -0.150. The summed E-state index contributed by atoms with van der Waals surface area (Å²) in [5.41, 5.74) is 0. The molecule has 8 nitrogen and oxygen atoms in total. The van der Waals surface area contributed by atoms with Gasteiger partial charge in [-0.25, -0.2) is 4.57 Å².